The van der Waals surface area contributed by atoms with Crippen molar-refractivity contribution < 1.29 is 13.2 Å². The Morgan fingerprint density at radius 2 is 1.90 bits per heavy atom. The summed E-state index contributed by atoms with van der Waals surface area (Å²) in [6.45, 7) is 4.06. The fourth-order valence-corrected chi connectivity index (χ4v) is 3.32. The minimum absolute atomic E-state index is 0. The Morgan fingerprint density at radius 3 is 2.53 bits per heavy atom. The molecule has 2 aromatic rings. The van der Waals surface area contributed by atoms with Crippen LogP contribution in [0.1, 0.15) is 6.92 Å². The number of aromatic nitrogens is 4. The number of halogens is 4. The van der Waals surface area contributed by atoms with Crippen LogP contribution in [0.5, 0.6) is 0 Å². The number of nitrogens with one attached hydrogen (secondary N) is 2. The molecule has 13 heteroatoms. The summed E-state index contributed by atoms with van der Waals surface area (Å²) in [5.41, 5.74) is 0.747. The van der Waals surface area contributed by atoms with E-state index in [1.54, 1.807) is 17.9 Å². The minimum atomic E-state index is -4.20. The normalized spacial score (nSPS) is 17.0. The van der Waals surface area contributed by atoms with Crippen LogP contribution in [0.2, 0.25) is 0 Å². The highest BCUT2D eigenvalue weighted by atomic mass is 127. The van der Waals surface area contributed by atoms with Crippen LogP contribution in [0.25, 0.3) is 11.0 Å². The molecule has 30 heavy (non-hydrogen) atoms. The molecule has 9 nitrogen and oxygen atoms in total. The lowest BCUT2D eigenvalue weighted by atomic mass is 10.2. The number of alkyl halides is 3. The van der Waals surface area contributed by atoms with E-state index in [4.69, 9.17) is 0 Å². The molecule has 0 aliphatic carbocycles. The molecule has 1 aliphatic rings. The summed E-state index contributed by atoms with van der Waals surface area (Å²) in [5.74, 6) is 1.38. The van der Waals surface area contributed by atoms with Gasteiger partial charge in [-0.25, -0.2) is 9.97 Å². The molecule has 1 atom stereocenters. The van der Waals surface area contributed by atoms with E-state index in [1.165, 1.54) is 18.2 Å². The Morgan fingerprint density at radius 1 is 1.20 bits per heavy atom. The third-order valence-corrected chi connectivity index (χ3v) is 5.08. The standard InChI is InChI=1S/C17H26F3N9.HI/c1-12(17(18,19)20)28-6-8-29(9-7-28)16(21-2)23-5-4-22-14-13-10-26-27(3)15(13)25-11-24-14;/h10-12H,4-9H2,1-3H3,(H,21,23)(H,22,24,25);1H. The number of nitrogens with zero attached hydrogens (tertiary/aromatic N) is 7. The van der Waals surface area contributed by atoms with E-state index in [2.05, 4.69) is 30.7 Å². The third kappa shape index (κ3) is 5.62. The van der Waals surface area contributed by atoms with Crippen LogP contribution in [0.15, 0.2) is 17.5 Å². The Bertz CT molecular complexity index is 847. The Labute approximate surface area is 190 Å². The average Bonchev–Trinajstić information content (AvgIpc) is 3.09. The van der Waals surface area contributed by atoms with Crippen LogP contribution in [0.3, 0.4) is 0 Å². The predicted molar refractivity (Wildman–Crippen MR) is 120 cm³/mol. The number of hydrogen-bond acceptors (Lipinski definition) is 6. The summed E-state index contributed by atoms with van der Waals surface area (Å²) in [7, 11) is 3.49. The molecule has 1 saturated heterocycles. The second kappa shape index (κ2) is 10.4. The van der Waals surface area contributed by atoms with Crippen LogP contribution in [-0.2, 0) is 7.05 Å². The first-order chi connectivity index (χ1) is 13.8. The van der Waals surface area contributed by atoms with Gasteiger partial charge in [-0.1, -0.05) is 0 Å². The van der Waals surface area contributed by atoms with Crippen molar-refractivity contribution >= 4 is 46.8 Å². The van der Waals surface area contributed by atoms with Crippen LogP contribution >= 0.6 is 24.0 Å². The van der Waals surface area contributed by atoms with E-state index >= 15 is 0 Å². The first kappa shape index (κ1) is 24.4. The van der Waals surface area contributed by atoms with Gasteiger partial charge in [0.2, 0.25) is 0 Å². The van der Waals surface area contributed by atoms with Gasteiger partial charge in [0.05, 0.1) is 11.6 Å². The Balaban J connectivity index is 0.00000320. The Kier molecular flexibility index (Phi) is 8.46. The van der Waals surface area contributed by atoms with Crippen LogP contribution in [0, 0.1) is 0 Å². The highest BCUT2D eigenvalue weighted by molar-refractivity contribution is 14.0. The highest BCUT2D eigenvalue weighted by Crippen LogP contribution is 2.25. The van der Waals surface area contributed by atoms with Gasteiger partial charge >= 0.3 is 6.18 Å². The number of rotatable bonds is 5. The van der Waals surface area contributed by atoms with Gasteiger partial charge in [0.1, 0.15) is 18.2 Å². The summed E-state index contributed by atoms with van der Waals surface area (Å²) in [4.78, 5) is 16.1. The van der Waals surface area contributed by atoms with Gasteiger partial charge in [-0.2, -0.15) is 18.3 Å². The molecule has 2 N–H and O–H groups in total. The zero-order valence-electron chi connectivity index (χ0n) is 17.1. The second-order valence-corrected chi connectivity index (χ2v) is 6.87. The summed E-state index contributed by atoms with van der Waals surface area (Å²) < 4.78 is 40.3. The molecule has 1 aliphatic heterocycles. The van der Waals surface area contributed by atoms with Crippen molar-refractivity contribution in [3.05, 3.63) is 12.5 Å². The maximum Gasteiger partial charge on any atom is 0.403 e. The maximum atomic E-state index is 12.9. The van der Waals surface area contributed by atoms with Crippen molar-refractivity contribution in [1.29, 1.82) is 0 Å². The largest absolute Gasteiger partial charge is 0.403 e. The number of fused-ring (bicyclic) bond motifs is 1. The van der Waals surface area contributed by atoms with E-state index in [1.807, 2.05) is 11.9 Å². The summed E-state index contributed by atoms with van der Waals surface area (Å²) in [6, 6.07) is -1.43. The van der Waals surface area contributed by atoms with Gasteiger partial charge in [0, 0.05) is 53.4 Å². The number of aliphatic imine (C=N–C) groups is 1. The van der Waals surface area contributed by atoms with Gasteiger partial charge in [-0.05, 0) is 6.92 Å². The average molecular weight is 541 g/mol. The Hall–Kier alpha value is -1.90. The molecular formula is C17H27F3IN9. The van der Waals surface area contributed by atoms with E-state index in [0.29, 0.717) is 51.0 Å². The molecule has 168 valence electrons. The van der Waals surface area contributed by atoms with Crippen LogP contribution in [-0.4, -0.2) is 94.0 Å². The fourth-order valence-electron chi connectivity index (χ4n) is 3.32. The lowest BCUT2D eigenvalue weighted by Crippen LogP contribution is -2.57. The zero-order chi connectivity index (χ0) is 21.0. The minimum Gasteiger partial charge on any atom is -0.368 e. The molecule has 0 amide bonds. The molecule has 0 bridgehead atoms. The van der Waals surface area contributed by atoms with Crippen molar-refractivity contribution in [2.24, 2.45) is 12.0 Å². The first-order valence-corrected chi connectivity index (χ1v) is 9.44. The quantitative estimate of drug-likeness (QED) is 0.257. The van der Waals surface area contributed by atoms with E-state index in [0.717, 1.165) is 11.0 Å². The monoisotopic (exact) mass is 541 g/mol. The molecule has 1 fully saturated rings. The van der Waals surface area contributed by atoms with Gasteiger partial charge in [0.15, 0.2) is 11.6 Å². The molecule has 0 saturated carbocycles. The maximum absolute atomic E-state index is 12.9. The highest BCUT2D eigenvalue weighted by Gasteiger charge is 2.41. The van der Waals surface area contributed by atoms with Crippen molar-refractivity contribution in [3.8, 4) is 0 Å². The molecular weight excluding hydrogens is 514 g/mol. The summed E-state index contributed by atoms with van der Waals surface area (Å²) in [5, 5.41) is 11.5. The van der Waals surface area contributed by atoms with Crippen molar-refractivity contribution in [2.75, 3.05) is 51.6 Å². The molecule has 0 radical (unpaired) electrons. The van der Waals surface area contributed by atoms with Gasteiger partial charge in [0.25, 0.3) is 0 Å². The van der Waals surface area contributed by atoms with Crippen molar-refractivity contribution in [1.82, 2.24) is 34.9 Å². The smallest absolute Gasteiger partial charge is 0.368 e. The second-order valence-electron chi connectivity index (χ2n) is 6.87. The fraction of sp³-hybridized carbons (Fsp3) is 0.647. The van der Waals surface area contributed by atoms with Crippen molar-refractivity contribution in [2.45, 2.75) is 19.1 Å². The van der Waals surface area contributed by atoms with E-state index < -0.39 is 12.2 Å². The summed E-state index contributed by atoms with van der Waals surface area (Å²) >= 11 is 0. The van der Waals surface area contributed by atoms with Crippen molar-refractivity contribution in [3.63, 3.8) is 0 Å². The molecule has 0 spiro atoms. The SMILES string of the molecule is CN=C(NCCNc1ncnc2c1cnn2C)N1CCN(C(C)C(F)(F)F)CC1.I. The van der Waals surface area contributed by atoms with Gasteiger partial charge in [-0.3, -0.25) is 14.6 Å². The zero-order valence-corrected chi connectivity index (χ0v) is 19.5. The molecule has 3 rings (SSSR count). The molecule has 1 unspecified atom stereocenters. The lowest BCUT2D eigenvalue weighted by Gasteiger charge is -2.39. The van der Waals surface area contributed by atoms with Crippen LogP contribution in [0.4, 0.5) is 19.0 Å². The van der Waals surface area contributed by atoms with Gasteiger partial charge in [-0.15, -0.1) is 24.0 Å². The molecule has 2 aromatic heterocycles. The number of piperazine rings is 1. The van der Waals surface area contributed by atoms with Gasteiger partial charge < -0.3 is 15.5 Å². The van der Waals surface area contributed by atoms with E-state index in [-0.39, 0.29) is 24.0 Å². The number of guanidine groups is 1. The lowest BCUT2D eigenvalue weighted by molar-refractivity contribution is -0.181. The summed E-state index contributed by atoms with van der Waals surface area (Å²) in [6.07, 6.45) is -1.000. The third-order valence-electron chi connectivity index (χ3n) is 5.08. The molecule has 0 aromatic carbocycles. The topological polar surface area (TPSA) is 86.5 Å². The molecule has 3 heterocycles. The predicted octanol–water partition coefficient (Wildman–Crippen LogP) is 1.54. The van der Waals surface area contributed by atoms with Crippen LogP contribution < -0.4 is 10.6 Å². The number of hydrogen-bond donors (Lipinski definition) is 2. The number of aryl methyl sites for hydroxylation is 1. The number of anilines is 1. The first-order valence-electron chi connectivity index (χ1n) is 9.44. The van der Waals surface area contributed by atoms with E-state index in [9.17, 15) is 13.2 Å².